The van der Waals surface area contributed by atoms with Gasteiger partial charge in [0, 0.05) is 4.47 Å². The van der Waals surface area contributed by atoms with E-state index in [2.05, 4.69) is 45.2 Å². The molecule has 210 valence electrons. The Kier molecular flexibility index (Phi) is 7.91. The van der Waals surface area contributed by atoms with Crippen LogP contribution in [0.1, 0.15) is 36.6 Å². The molecule has 2 heterocycles. The molecule has 6 nitrogen and oxygen atoms in total. The Morgan fingerprint density at radius 2 is 1.74 bits per heavy atom. The molecule has 4 aromatic carbocycles. The zero-order valence-corrected chi connectivity index (χ0v) is 25.4. The monoisotopic (exact) mass is 638 g/mol. The van der Waals surface area contributed by atoms with Crippen molar-refractivity contribution >= 4 is 50.1 Å². The Bertz CT molecular complexity index is 2000. The zero-order valence-electron chi connectivity index (χ0n) is 23.0. The molecule has 0 saturated heterocycles. The highest BCUT2D eigenvalue weighted by atomic mass is 79.9. The van der Waals surface area contributed by atoms with Crippen molar-refractivity contribution in [1.82, 2.24) is 4.57 Å². The van der Waals surface area contributed by atoms with E-state index in [0.717, 1.165) is 26.9 Å². The first-order valence-corrected chi connectivity index (χ1v) is 15.2. The topological polar surface area (TPSA) is 69.9 Å². The molecule has 0 N–H and O–H groups in total. The molecule has 1 aliphatic heterocycles. The average molecular weight is 640 g/mol. The molecule has 0 saturated carbocycles. The summed E-state index contributed by atoms with van der Waals surface area (Å²) in [5, 5.41) is 2.36. The van der Waals surface area contributed by atoms with Crippen LogP contribution in [0, 0.1) is 0 Å². The SMILES string of the molecule is CCOC(=O)C1=C(C)N=c2s/c(=C\c3ccc(OCc4cccc5ccccc45)cc3)c(=O)n2[C@@H]1c1ccc(Br)cc1. The average Bonchev–Trinajstić information content (AvgIpc) is 3.30. The van der Waals surface area contributed by atoms with Crippen molar-refractivity contribution in [2.24, 2.45) is 4.99 Å². The third kappa shape index (κ3) is 5.47. The van der Waals surface area contributed by atoms with E-state index in [0.29, 0.717) is 27.2 Å². The number of esters is 1. The largest absolute Gasteiger partial charge is 0.489 e. The van der Waals surface area contributed by atoms with E-state index < -0.39 is 12.0 Å². The number of thiazole rings is 1. The molecule has 0 aliphatic carbocycles. The standard InChI is InChI=1S/C34H27BrN2O4S/c1-3-40-33(39)30-21(2)36-34-37(31(30)24-13-15-26(35)16-14-24)32(38)29(42-34)19-22-11-17-27(18-12-22)41-20-25-9-6-8-23-7-4-5-10-28(23)25/h4-19,31H,3,20H2,1-2H3/b29-19-/t31-/m1/s1. The Labute approximate surface area is 255 Å². The van der Waals surface area contributed by atoms with Crippen molar-refractivity contribution in [2.75, 3.05) is 6.61 Å². The quantitative estimate of drug-likeness (QED) is 0.196. The fraction of sp³-hybridized carbons (Fsp3) is 0.147. The molecular formula is C34H27BrN2O4S. The van der Waals surface area contributed by atoms with Crippen LogP contribution in [0.3, 0.4) is 0 Å². The zero-order chi connectivity index (χ0) is 29.2. The first-order chi connectivity index (χ1) is 20.4. The Morgan fingerprint density at radius 3 is 2.50 bits per heavy atom. The lowest BCUT2D eigenvalue weighted by Gasteiger charge is -2.24. The van der Waals surface area contributed by atoms with Crippen LogP contribution < -0.4 is 19.6 Å². The maximum Gasteiger partial charge on any atom is 0.338 e. The summed E-state index contributed by atoms with van der Waals surface area (Å²) in [6.45, 7) is 4.23. The molecule has 0 bridgehead atoms. The summed E-state index contributed by atoms with van der Waals surface area (Å²) in [6.07, 6.45) is 1.85. The number of halogens is 1. The Balaban J connectivity index is 1.31. The maximum atomic E-state index is 13.8. The van der Waals surface area contributed by atoms with E-state index in [9.17, 15) is 9.59 Å². The van der Waals surface area contributed by atoms with Gasteiger partial charge in [0.05, 0.1) is 28.5 Å². The number of nitrogens with zero attached hydrogens (tertiary/aromatic N) is 2. The van der Waals surface area contributed by atoms with Gasteiger partial charge in [-0.1, -0.05) is 94.0 Å². The first-order valence-electron chi connectivity index (χ1n) is 13.6. The number of ether oxygens (including phenoxy) is 2. The smallest absolute Gasteiger partial charge is 0.338 e. The van der Waals surface area contributed by atoms with Crippen molar-refractivity contribution < 1.29 is 14.3 Å². The van der Waals surface area contributed by atoms with Crippen molar-refractivity contribution in [1.29, 1.82) is 0 Å². The first kappa shape index (κ1) is 27.9. The van der Waals surface area contributed by atoms with Crippen LogP contribution in [-0.2, 0) is 16.1 Å². The molecule has 0 amide bonds. The summed E-state index contributed by atoms with van der Waals surface area (Å²) in [7, 11) is 0. The molecule has 1 atom stereocenters. The molecule has 0 radical (unpaired) electrons. The minimum Gasteiger partial charge on any atom is -0.489 e. The molecule has 0 spiro atoms. The van der Waals surface area contributed by atoms with Crippen LogP contribution in [-0.4, -0.2) is 17.1 Å². The number of carbonyl (C=O) groups is 1. The van der Waals surface area contributed by atoms with Crippen molar-refractivity contribution in [3.8, 4) is 5.75 Å². The maximum absolute atomic E-state index is 13.8. The summed E-state index contributed by atoms with van der Waals surface area (Å²) in [5.41, 5.74) is 3.48. The van der Waals surface area contributed by atoms with Crippen molar-refractivity contribution in [3.05, 3.63) is 143 Å². The number of aromatic nitrogens is 1. The van der Waals surface area contributed by atoms with E-state index in [4.69, 9.17) is 9.47 Å². The molecule has 6 rings (SSSR count). The highest BCUT2D eigenvalue weighted by molar-refractivity contribution is 9.10. The van der Waals surface area contributed by atoms with Gasteiger partial charge in [0.15, 0.2) is 4.80 Å². The van der Waals surface area contributed by atoms with Gasteiger partial charge in [-0.2, -0.15) is 0 Å². The van der Waals surface area contributed by atoms with Crippen LogP contribution >= 0.6 is 27.3 Å². The summed E-state index contributed by atoms with van der Waals surface area (Å²) in [5.74, 6) is 0.270. The van der Waals surface area contributed by atoms with Gasteiger partial charge in [-0.15, -0.1) is 0 Å². The van der Waals surface area contributed by atoms with Crippen molar-refractivity contribution in [3.63, 3.8) is 0 Å². The molecule has 1 aromatic heterocycles. The van der Waals surface area contributed by atoms with Gasteiger partial charge in [0.1, 0.15) is 12.4 Å². The van der Waals surface area contributed by atoms with Gasteiger partial charge in [-0.05, 0) is 71.7 Å². The number of allylic oxidation sites excluding steroid dienone is 1. The lowest BCUT2D eigenvalue weighted by molar-refractivity contribution is -0.139. The van der Waals surface area contributed by atoms with Gasteiger partial charge >= 0.3 is 5.97 Å². The van der Waals surface area contributed by atoms with Gasteiger partial charge in [-0.25, -0.2) is 9.79 Å². The van der Waals surface area contributed by atoms with Gasteiger partial charge in [-0.3, -0.25) is 9.36 Å². The van der Waals surface area contributed by atoms with Crippen LogP contribution in [0.2, 0.25) is 0 Å². The molecule has 1 aliphatic rings. The summed E-state index contributed by atoms with van der Waals surface area (Å²) in [4.78, 5) is 32.0. The highest BCUT2D eigenvalue weighted by Gasteiger charge is 2.33. The second kappa shape index (κ2) is 11.9. The number of hydrogen-bond acceptors (Lipinski definition) is 6. The predicted octanol–water partition coefficient (Wildman–Crippen LogP) is 6.29. The van der Waals surface area contributed by atoms with Crippen molar-refractivity contribution in [2.45, 2.75) is 26.5 Å². The van der Waals surface area contributed by atoms with Crippen LogP contribution in [0.4, 0.5) is 0 Å². The fourth-order valence-electron chi connectivity index (χ4n) is 5.14. The summed E-state index contributed by atoms with van der Waals surface area (Å²) >= 11 is 4.77. The third-order valence-electron chi connectivity index (χ3n) is 7.15. The van der Waals surface area contributed by atoms with E-state index in [1.54, 1.807) is 18.4 Å². The highest BCUT2D eigenvalue weighted by Crippen LogP contribution is 2.31. The lowest BCUT2D eigenvalue weighted by Crippen LogP contribution is -2.39. The van der Waals surface area contributed by atoms with Gasteiger partial charge < -0.3 is 9.47 Å². The van der Waals surface area contributed by atoms with E-state index in [1.807, 2.05) is 72.8 Å². The Morgan fingerprint density at radius 1 is 1.00 bits per heavy atom. The van der Waals surface area contributed by atoms with E-state index in [1.165, 1.54) is 22.1 Å². The normalized spacial score (nSPS) is 14.9. The number of carbonyl (C=O) groups excluding carboxylic acids is 1. The minimum absolute atomic E-state index is 0.211. The minimum atomic E-state index is -0.639. The Hall–Kier alpha value is -4.27. The van der Waals surface area contributed by atoms with Crippen LogP contribution in [0.15, 0.2) is 117 Å². The molecular weight excluding hydrogens is 612 g/mol. The molecule has 0 fully saturated rings. The molecule has 8 heteroatoms. The molecule has 42 heavy (non-hydrogen) atoms. The summed E-state index contributed by atoms with van der Waals surface area (Å²) < 4.78 is 14.5. The van der Waals surface area contributed by atoms with Crippen LogP contribution in [0.25, 0.3) is 16.8 Å². The summed E-state index contributed by atoms with van der Waals surface area (Å²) in [6, 6.07) is 29.1. The lowest BCUT2D eigenvalue weighted by atomic mass is 9.96. The number of rotatable bonds is 7. The van der Waals surface area contributed by atoms with E-state index in [-0.39, 0.29) is 12.2 Å². The number of benzene rings is 4. The molecule has 5 aromatic rings. The fourth-order valence-corrected chi connectivity index (χ4v) is 6.45. The number of hydrogen-bond donors (Lipinski definition) is 0. The van der Waals surface area contributed by atoms with Crippen LogP contribution in [0.5, 0.6) is 5.75 Å². The second-order valence-electron chi connectivity index (χ2n) is 9.85. The van der Waals surface area contributed by atoms with Gasteiger partial charge in [0.25, 0.3) is 5.56 Å². The van der Waals surface area contributed by atoms with E-state index >= 15 is 0 Å². The molecule has 0 unspecified atom stereocenters. The third-order valence-corrected chi connectivity index (χ3v) is 8.67. The van der Waals surface area contributed by atoms with Gasteiger partial charge in [0.2, 0.25) is 0 Å². The number of fused-ring (bicyclic) bond motifs is 2. The predicted molar refractivity (Wildman–Crippen MR) is 169 cm³/mol. The second-order valence-corrected chi connectivity index (χ2v) is 11.8.